The summed E-state index contributed by atoms with van der Waals surface area (Å²) in [7, 11) is 0. The van der Waals surface area contributed by atoms with Gasteiger partial charge in [0.25, 0.3) is 0 Å². The Bertz CT molecular complexity index is 159. The van der Waals surface area contributed by atoms with Crippen molar-refractivity contribution < 1.29 is 10.2 Å². The fraction of sp³-hybridized carbons (Fsp3) is 1.00. The van der Waals surface area contributed by atoms with Crippen molar-refractivity contribution in [2.45, 2.75) is 75.7 Å². The van der Waals surface area contributed by atoms with E-state index in [9.17, 15) is 0 Å². The maximum absolute atomic E-state index is 9.05. The SMILES string of the molecule is Cl.Cl.NC1CCCCC1O.NC1CCCCC1O. The summed E-state index contributed by atoms with van der Waals surface area (Å²) in [5, 5.41) is 18.1. The molecule has 0 bridgehead atoms. The van der Waals surface area contributed by atoms with Crippen LogP contribution in [0.5, 0.6) is 0 Å². The van der Waals surface area contributed by atoms with Crippen LogP contribution in [0.4, 0.5) is 0 Å². The standard InChI is InChI=1S/2C6H13NO.2ClH/c2*7-5-3-1-2-4-6(5)8;;/h2*5-6,8H,1-4,7H2;2*1H. The average Bonchev–Trinajstić information content (AvgIpc) is 2.28. The monoisotopic (exact) mass is 302 g/mol. The van der Waals surface area contributed by atoms with Crippen LogP contribution in [0.2, 0.25) is 0 Å². The molecule has 2 fully saturated rings. The zero-order chi connectivity index (χ0) is 12.0. The fourth-order valence-corrected chi connectivity index (χ4v) is 2.28. The molecule has 4 unspecified atom stereocenters. The van der Waals surface area contributed by atoms with E-state index in [2.05, 4.69) is 0 Å². The van der Waals surface area contributed by atoms with E-state index in [0.29, 0.717) is 0 Å². The van der Waals surface area contributed by atoms with Crippen molar-refractivity contribution in [2.75, 3.05) is 0 Å². The molecule has 0 saturated heterocycles. The molecule has 2 rings (SSSR count). The van der Waals surface area contributed by atoms with Crippen LogP contribution in [0.3, 0.4) is 0 Å². The molecular weight excluding hydrogens is 275 g/mol. The Hall–Kier alpha value is 0.420. The molecule has 0 spiro atoms. The number of aliphatic hydroxyl groups excluding tert-OH is 2. The van der Waals surface area contributed by atoms with E-state index < -0.39 is 0 Å². The highest BCUT2D eigenvalue weighted by Gasteiger charge is 2.18. The molecule has 0 amide bonds. The van der Waals surface area contributed by atoms with Crippen molar-refractivity contribution in [3.05, 3.63) is 0 Å². The number of hydrogen-bond acceptors (Lipinski definition) is 4. The molecule has 0 aromatic heterocycles. The number of halogens is 2. The molecule has 4 atom stereocenters. The molecule has 0 aliphatic heterocycles. The maximum atomic E-state index is 9.05. The highest BCUT2D eigenvalue weighted by molar-refractivity contribution is 5.85. The number of aliphatic hydroxyl groups is 2. The molecule has 0 aromatic rings. The van der Waals surface area contributed by atoms with Crippen LogP contribution in [0.15, 0.2) is 0 Å². The van der Waals surface area contributed by atoms with Crippen LogP contribution in [-0.2, 0) is 0 Å². The van der Waals surface area contributed by atoms with Crippen molar-refractivity contribution in [1.29, 1.82) is 0 Å². The minimum absolute atomic E-state index is 0. The van der Waals surface area contributed by atoms with E-state index in [4.69, 9.17) is 21.7 Å². The topological polar surface area (TPSA) is 92.5 Å². The van der Waals surface area contributed by atoms with Crippen LogP contribution in [-0.4, -0.2) is 34.5 Å². The van der Waals surface area contributed by atoms with Crippen molar-refractivity contribution >= 4 is 24.8 Å². The first-order valence-electron chi connectivity index (χ1n) is 6.48. The lowest BCUT2D eigenvalue weighted by atomic mass is 9.94. The van der Waals surface area contributed by atoms with Gasteiger partial charge in [0.1, 0.15) is 0 Å². The molecule has 0 aromatic carbocycles. The lowest BCUT2D eigenvalue weighted by Crippen LogP contribution is -2.37. The van der Waals surface area contributed by atoms with Crippen LogP contribution < -0.4 is 11.5 Å². The Kier molecular flexibility index (Phi) is 13.0. The lowest BCUT2D eigenvalue weighted by molar-refractivity contribution is 0.108. The third-order valence-corrected chi connectivity index (χ3v) is 3.56. The van der Waals surface area contributed by atoms with Crippen molar-refractivity contribution in [3.63, 3.8) is 0 Å². The van der Waals surface area contributed by atoms with E-state index in [1.807, 2.05) is 0 Å². The smallest absolute Gasteiger partial charge is 0.0691 e. The highest BCUT2D eigenvalue weighted by Crippen LogP contribution is 2.16. The van der Waals surface area contributed by atoms with Crippen molar-refractivity contribution in [1.82, 2.24) is 0 Å². The summed E-state index contributed by atoms with van der Waals surface area (Å²) in [6, 6.07) is 0.118. The zero-order valence-electron chi connectivity index (χ0n) is 10.8. The molecule has 18 heavy (non-hydrogen) atoms. The summed E-state index contributed by atoms with van der Waals surface area (Å²) >= 11 is 0. The van der Waals surface area contributed by atoms with Crippen molar-refractivity contribution in [2.24, 2.45) is 11.5 Å². The van der Waals surface area contributed by atoms with Gasteiger partial charge in [-0.1, -0.05) is 25.7 Å². The molecule has 0 radical (unpaired) electrons. The summed E-state index contributed by atoms with van der Waals surface area (Å²) in [6.07, 6.45) is 8.05. The maximum Gasteiger partial charge on any atom is 0.0691 e. The van der Waals surface area contributed by atoms with Crippen LogP contribution in [0, 0.1) is 0 Å². The minimum Gasteiger partial charge on any atom is -0.392 e. The van der Waals surface area contributed by atoms with Gasteiger partial charge in [0.15, 0.2) is 0 Å². The predicted octanol–water partition coefficient (Wildman–Crippen LogP) is 1.34. The van der Waals surface area contributed by atoms with Gasteiger partial charge in [0.05, 0.1) is 12.2 Å². The number of rotatable bonds is 0. The van der Waals surface area contributed by atoms with Gasteiger partial charge in [-0.15, -0.1) is 24.8 Å². The van der Waals surface area contributed by atoms with Gasteiger partial charge in [0.2, 0.25) is 0 Å². The molecule has 6 heteroatoms. The quantitative estimate of drug-likeness (QED) is 0.543. The van der Waals surface area contributed by atoms with Crippen LogP contribution in [0.25, 0.3) is 0 Å². The summed E-state index contributed by atoms with van der Waals surface area (Å²) in [4.78, 5) is 0. The van der Waals surface area contributed by atoms with E-state index >= 15 is 0 Å². The molecule has 0 heterocycles. The van der Waals surface area contributed by atoms with E-state index in [0.717, 1.165) is 38.5 Å². The molecule has 4 nitrogen and oxygen atoms in total. The van der Waals surface area contributed by atoms with Gasteiger partial charge < -0.3 is 21.7 Å². The average molecular weight is 303 g/mol. The first-order chi connectivity index (χ1) is 7.61. The zero-order valence-corrected chi connectivity index (χ0v) is 12.5. The van der Waals surface area contributed by atoms with E-state index in [1.54, 1.807) is 0 Å². The Balaban J connectivity index is 0. The second-order valence-electron chi connectivity index (χ2n) is 5.03. The van der Waals surface area contributed by atoms with Crippen LogP contribution in [0.1, 0.15) is 51.4 Å². The Morgan fingerprint density at radius 1 is 0.611 bits per heavy atom. The second kappa shape index (κ2) is 11.3. The van der Waals surface area contributed by atoms with Crippen LogP contribution >= 0.6 is 24.8 Å². The third kappa shape index (κ3) is 7.77. The van der Waals surface area contributed by atoms with Gasteiger partial charge in [0, 0.05) is 12.1 Å². The third-order valence-electron chi connectivity index (χ3n) is 3.56. The molecule has 6 N–H and O–H groups in total. The number of hydrogen-bond donors (Lipinski definition) is 4. The van der Waals surface area contributed by atoms with Crippen molar-refractivity contribution in [3.8, 4) is 0 Å². The summed E-state index contributed by atoms with van der Waals surface area (Å²) in [6.45, 7) is 0. The Morgan fingerprint density at radius 2 is 0.889 bits per heavy atom. The lowest BCUT2D eigenvalue weighted by Gasteiger charge is -2.23. The molecule has 2 aliphatic carbocycles. The van der Waals surface area contributed by atoms with E-state index in [1.165, 1.54) is 12.8 Å². The summed E-state index contributed by atoms with van der Waals surface area (Å²) in [5.41, 5.74) is 11.1. The normalized spacial score (nSPS) is 35.3. The van der Waals surface area contributed by atoms with E-state index in [-0.39, 0.29) is 49.1 Å². The first kappa shape index (κ1) is 20.7. The largest absolute Gasteiger partial charge is 0.392 e. The number of nitrogens with two attached hydrogens (primary N) is 2. The van der Waals surface area contributed by atoms with Gasteiger partial charge in [-0.25, -0.2) is 0 Å². The molecule has 2 aliphatic rings. The highest BCUT2D eigenvalue weighted by atomic mass is 35.5. The molecule has 112 valence electrons. The molecule has 2 saturated carbocycles. The van der Waals surface area contributed by atoms with Gasteiger partial charge in [-0.2, -0.15) is 0 Å². The first-order valence-corrected chi connectivity index (χ1v) is 6.48. The fourth-order valence-electron chi connectivity index (χ4n) is 2.28. The summed E-state index contributed by atoms with van der Waals surface area (Å²) < 4.78 is 0. The second-order valence-corrected chi connectivity index (χ2v) is 5.03. The van der Waals surface area contributed by atoms with Gasteiger partial charge in [-0.05, 0) is 25.7 Å². The predicted molar refractivity (Wildman–Crippen MR) is 79.4 cm³/mol. The van der Waals surface area contributed by atoms with Gasteiger partial charge >= 0.3 is 0 Å². The van der Waals surface area contributed by atoms with Gasteiger partial charge in [-0.3, -0.25) is 0 Å². The Labute approximate surface area is 122 Å². The Morgan fingerprint density at radius 3 is 1.06 bits per heavy atom. The summed E-state index contributed by atoms with van der Waals surface area (Å²) in [5.74, 6) is 0. The minimum atomic E-state index is -0.219. The molecular formula is C12H28Cl2N2O2.